The first-order valence-electron chi connectivity index (χ1n) is 17.4. The summed E-state index contributed by atoms with van der Waals surface area (Å²) in [6.45, 7) is -0.135. The lowest BCUT2D eigenvalue weighted by Gasteiger charge is -2.50. The second-order valence-corrected chi connectivity index (χ2v) is 14.9. The number of nitrogens with zero attached hydrogens (tertiary/aromatic N) is 3. The van der Waals surface area contributed by atoms with Crippen molar-refractivity contribution in [2.45, 2.75) is 43.2 Å². The summed E-state index contributed by atoms with van der Waals surface area (Å²) in [5.41, 5.74) is 0.240. The highest BCUT2D eigenvalue weighted by molar-refractivity contribution is 6.33. The summed E-state index contributed by atoms with van der Waals surface area (Å²) >= 11 is 12.5. The molecule has 2 aliphatic heterocycles. The summed E-state index contributed by atoms with van der Waals surface area (Å²) in [6, 6.07) is 9.50. The van der Waals surface area contributed by atoms with E-state index in [2.05, 4.69) is 10.4 Å². The lowest BCUT2D eigenvalue weighted by atomic mass is 9.49. The van der Waals surface area contributed by atoms with Gasteiger partial charge in [-0.1, -0.05) is 47.0 Å². The topological polar surface area (TPSA) is 176 Å². The van der Waals surface area contributed by atoms with E-state index in [4.69, 9.17) is 32.7 Å². The molecule has 1 aromatic heterocycles. The number of carboxylic acid groups (broad SMARTS) is 1. The van der Waals surface area contributed by atoms with Crippen molar-refractivity contribution in [3.8, 4) is 17.2 Å². The van der Waals surface area contributed by atoms with Gasteiger partial charge in [-0.15, -0.1) is 0 Å². The zero-order valence-corrected chi connectivity index (χ0v) is 31.1. The molecule has 0 bridgehead atoms. The normalized spacial score (nSPS) is 25.8. The van der Waals surface area contributed by atoms with Crippen molar-refractivity contribution in [3.05, 3.63) is 87.0 Å². The SMILES string of the molecule is COc1cc(O)c(C2C3=CCC4C(=O)N(CCCC(=O)O)C(=O)C4C3CC3C(=O)N(Nc4ncc(C(F)(F)F)cc4Cl)C(=O)C32c2ccc(Cl)cc2)c(OC)c1. The number of rotatable bonds is 10. The van der Waals surface area contributed by atoms with Crippen LogP contribution in [0.4, 0.5) is 19.0 Å². The lowest BCUT2D eigenvalue weighted by molar-refractivity contribution is -0.142. The molecule has 4 amide bonds. The van der Waals surface area contributed by atoms with Gasteiger partial charge in [0.05, 0.1) is 48.0 Å². The van der Waals surface area contributed by atoms with Crippen molar-refractivity contribution < 1.29 is 56.8 Å². The fourth-order valence-electron chi connectivity index (χ4n) is 8.94. The molecule has 6 unspecified atom stereocenters. The van der Waals surface area contributed by atoms with Crippen molar-refractivity contribution in [3.63, 3.8) is 0 Å². The van der Waals surface area contributed by atoms with Gasteiger partial charge in [0, 0.05) is 47.8 Å². The number of hydrogen-bond donors (Lipinski definition) is 3. The summed E-state index contributed by atoms with van der Waals surface area (Å²) < 4.78 is 51.6. The number of aromatic nitrogens is 1. The number of likely N-dealkylation sites (tertiary alicyclic amines) is 1. The zero-order valence-electron chi connectivity index (χ0n) is 29.6. The number of fused-ring (bicyclic) bond motifs is 4. The Balaban J connectivity index is 1.44. The van der Waals surface area contributed by atoms with E-state index in [1.54, 1.807) is 18.2 Å². The Kier molecular flexibility index (Phi) is 9.94. The maximum Gasteiger partial charge on any atom is 0.417 e. The molecule has 56 heavy (non-hydrogen) atoms. The van der Waals surface area contributed by atoms with Crippen molar-refractivity contribution in [2.24, 2.45) is 23.7 Å². The zero-order chi connectivity index (χ0) is 40.4. The molecule has 3 N–H and O–H groups in total. The molecule has 1 saturated carbocycles. The highest BCUT2D eigenvalue weighted by atomic mass is 35.5. The van der Waals surface area contributed by atoms with Crippen LogP contribution in [0.15, 0.2) is 60.3 Å². The van der Waals surface area contributed by atoms with Crippen LogP contribution in [-0.4, -0.2) is 75.5 Å². The van der Waals surface area contributed by atoms with Crippen LogP contribution < -0.4 is 14.9 Å². The minimum Gasteiger partial charge on any atom is -0.507 e. The van der Waals surface area contributed by atoms with Gasteiger partial charge in [0.2, 0.25) is 11.8 Å². The molecule has 18 heteroatoms. The molecule has 2 saturated heterocycles. The van der Waals surface area contributed by atoms with Crippen molar-refractivity contribution in [2.75, 3.05) is 26.2 Å². The molecular formula is C38H33Cl2F3N4O9. The van der Waals surface area contributed by atoms with Gasteiger partial charge in [0.25, 0.3) is 11.8 Å². The van der Waals surface area contributed by atoms with Crippen LogP contribution in [0.2, 0.25) is 10.0 Å². The maximum absolute atomic E-state index is 15.4. The van der Waals surface area contributed by atoms with Crippen LogP contribution in [0, 0.1) is 23.7 Å². The highest BCUT2D eigenvalue weighted by Gasteiger charge is 2.71. The number of ether oxygens (including phenoxy) is 2. The molecule has 0 radical (unpaired) electrons. The third-order valence-electron chi connectivity index (χ3n) is 11.3. The van der Waals surface area contributed by atoms with Crippen LogP contribution in [0.1, 0.15) is 48.3 Å². The first kappa shape index (κ1) is 38.9. The number of carboxylic acids is 1. The number of hydrogen-bond acceptors (Lipinski definition) is 10. The number of hydrazine groups is 1. The number of alkyl halides is 3. The molecule has 2 aliphatic carbocycles. The summed E-state index contributed by atoms with van der Waals surface area (Å²) in [6.07, 6.45) is -2.93. The van der Waals surface area contributed by atoms with E-state index in [0.29, 0.717) is 27.9 Å². The molecular weight excluding hydrogens is 784 g/mol. The quantitative estimate of drug-likeness (QED) is 0.162. The minimum atomic E-state index is -4.79. The van der Waals surface area contributed by atoms with E-state index in [9.17, 15) is 42.6 Å². The first-order chi connectivity index (χ1) is 26.5. The molecule has 7 rings (SSSR count). The molecule has 3 fully saturated rings. The van der Waals surface area contributed by atoms with Crippen molar-refractivity contribution in [1.82, 2.24) is 14.9 Å². The molecule has 294 valence electrons. The van der Waals surface area contributed by atoms with Gasteiger partial charge in [-0.25, -0.2) is 4.98 Å². The molecule has 0 spiro atoms. The largest absolute Gasteiger partial charge is 0.507 e. The second-order valence-electron chi connectivity index (χ2n) is 14.0. The molecule has 2 aromatic carbocycles. The number of benzene rings is 2. The molecule has 4 aliphatic rings. The van der Waals surface area contributed by atoms with E-state index >= 15 is 4.79 Å². The van der Waals surface area contributed by atoms with Crippen LogP contribution in [0.5, 0.6) is 17.2 Å². The number of pyridine rings is 1. The Morgan fingerprint density at radius 3 is 2.36 bits per heavy atom. The number of anilines is 1. The monoisotopic (exact) mass is 816 g/mol. The minimum absolute atomic E-state index is 0.0210. The van der Waals surface area contributed by atoms with Crippen LogP contribution in [-0.2, 0) is 35.6 Å². The summed E-state index contributed by atoms with van der Waals surface area (Å²) in [4.78, 5) is 74.2. The van der Waals surface area contributed by atoms with Gasteiger partial charge in [-0.05, 0) is 48.9 Å². The number of methoxy groups -OCH3 is 2. The molecule has 3 heterocycles. The van der Waals surface area contributed by atoms with Gasteiger partial charge < -0.3 is 19.7 Å². The molecule has 13 nitrogen and oxygen atoms in total. The van der Waals surface area contributed by atoms with E-state index in [0.717, 1.165) is 4.90 Å². The Bertz CT molecular complexity index is 2200. The highest BCUT2D eigenvalue weighted by Crippen LogP contribution is 2.66. The summed E-state index contributed by atoms with van der Waals surface area (Å²) in [7, 11) is 2.70. The van der Waals surface area contributed by atoms with Crippen LogP contribution >= 0.6 is 23.2 Å². The first-order valence-corrected chi connectivity index (χ1v) is 18.2. The predicted molar refractivity (Wildman–Crippen MR) is 192 cm³/mol. The number of imide groups is 2. The van der Waals surface area contributed by atoms with Gasteiger partial charge in [-0.2, -0.15) is 18.2 Å². The predicted octanol–water partition coefficient (Wildman–Crippen LogP) is 5.98. The standard InChI is InChI=1S/C38H33Cl2F3N4O9/c1-55-20-13-26(48)30(27(14-20)56-2)31-21-9-10-22-29(35(53)46(33(22)51)11-3-4-28(49)50)23(21)15-24-34(52)47(36(54)37(24,31)17-5-7-19(39)8-6-17)45-32-25(40)12-18(16-44-32)38(41,42)43/h5-9,12-14,16,22-24,29,31,48H,3-4,10-11,15H2,1-2H3,(H,44,45)(H,49,50). The second kappa shape index (κ2) is 14.3. The number of carbonyl (C=O) groups excluding carboxylic acids is 4. The lowest BCUT2D eigenvalue weighted by Crippen LogP contribution is -2.53. The fourth-order valence-corrected chi connectivity index (χ4v) is 9.27. The van der Waals surface area contributed by atoms with Gasteiger partial charge in [-0.3, -0.25) is 34.3 Å². The number of allylic oxidation sites excluding steroid dienone is 2. The number of phenols is 1. The van der Waals surface area contributed by atoms with Crippen LogP contribution in [0.3, 0.4) is 0 Å². The van der Waals surface area contributed by atoms with Gasteiger partial charge >= 0.3 is 12.1 Å². The van der Waals surface area contributed by atoms with E-state index in [1.165, 1.54) is 38.5 Å². The number of phenolic OH excluding ortho intramolecular Hbond substituents is 1. The third kappa shape index (κ3) is 6.09. The number of nitrogens with one attached hydrogen (secondary N) is 1. The van der Waals surface area contributed by atoms with E-state index in [1.807, 2.05) is 0 Å². The Morgan fingerprint density at radius 2 is 1.73 bits per heavy atom. The Labute approximate surface area is 326 Å². The number of carbonyl (C=O) groups is 5. The average Bonchev–Trinajstić information content (AvgIpc) is 3.52. The van der Waals surface area contributed by atoms with Crippen LogP contribution in [0.25, 0.3) is 0 Å². The fraction of sp³-hybridized carbons (Fsp3) is 0.368. The molecule has 3 aromatic rings. The Hall–Kier alpha value is -5.35. The Morgan fingerprint density at radius 1 is 1.02 bits per heavy atom. The number of amides is 4. The van der Waals surface area contributed by atoms with Gasteiger partial charge in [0.15, 0.2) is 5.82 Å². The molecule has 6 atom stereocenters. The average molecular weight is 818 g/mol. The summed E-state index contributed by atoms with van der Waals surface area (Å²) in [5.74, 6) is -9.77. The maximum atomic E-state index is 15.4. The van der Waals surface area contributed by atoms with Gasteiger partial charge in [0.1, 0.15) is 17.2 Å². The number of aromatic hydroxyl groups is 1. The van der Waals surface area contributed by atoms with Crippen molar-refractivity contribution >= 4 is 58.6 Å². The smallest absolute Gasteiger partial charge is 0.417 e. The van der Waals surface area contributed by atoms with Crippen molar-refractivity contribution in [1.29, 1.82) is 0 Å². The number of aliphatic carboxylic acids is 1. The third-order valence-corrected chi connectivity index (χ3v) is 11.8. The number of halogens is 5. The van der Waals surface area contributed by atoms with E-state index in [-0.39, 0.29) is 60.6 Å². The summed E-state index contributed by atoms with van der Waals surface area (Å²) in [5, 5.41) is 21.4. The van der Waals surface area contributed by atoms with E-state index < -0.39 is 87.2 Å².